The molecule has 103 valence electrons. The molecule has 0 atom stereocenters. The molecular weight excluding hydrogens is 248 g/mol. The third-order valence-corrected chi connectivity index (χ3v) is 3.21. The fourth-order valence-electron chi connectivity index (χ4n) is 1.99. The minimum Gasteiger partial charge on any atom is -0.461 e. The van der Waals surface area contributed by atoms with Gasteiger partial charge in [-0.3, -0.25) is 4.79 Å². The van der Waals surface area contributed by atoms with Crippen LogP contribution in [0.5, 0.6) is 0 Å². The number of carbonyl (C=O) groups is 1. The van der Waals surface area contributed by atoms with Crippen LogP contribution >= 0.6 is 0 Å². The van der Waals surface area contributed by atoms with Gasteiger partial charge in [0.05, 0.1) is 0 Å². The van der Waals surface area contributed by atoms with Gasteiger partial charge in [0.1, 0.15) is 6.61 Å². The number of rotatable bonds is 5. The molecule has 0 saturated heterocycles. The molecule has 0 N–H and O–H groups in total. The number of esters is 1. The summed E-state index contributed by atoms with van der Waals surface area (Å²) in [5, 5.41) is 0. The summed E-state index contributed by atoms with van der Waals surface area (Å²) in [5.74, 6) is -0.259. The van der Waals surface area contributed by atoms with Gasteiger partial charge in [0.15, 0.2) is 0 Å². The van der Waals surface area contributed by atoms with Gasteiger partial charge < -0.3 is 4.74 Å². The SMILES string of the molecule is CCc1ccc(Cc2[c]cc(COC(C)=O)cc2)cc1. The van der Waals surface area contributed by atoms with Gasteiger partial charge >= 0.3 is 5.97 Å². The normalized spacial score (nSPS) is 10.3. The van der Waals surface area contributed by atoms with E-state index in [0.29, 0.717) is 6.61 Å². The van der Waals surface area contributed by atoms with Crippen molar-refractivity contribution >= 4 is 5.97 Å². The molecule has 0 amide bonds. The van der Waals surface area contributed by atoms with E-state index in [2.05, 4.69) is 37.3 Å². The van der Waals surface area contributed by atoms with E-state index < -0.39 is 0 Å². The van der Waals surface area contributed by atoms with Gasteiger partial charge in [0.2, 0.25) is 0 Å². The zero-order valence-electron chi connectivity index (χ0n) is 12.0. The maximum Gasteiger partial charge on any atom is 0.302 e. The van der Waals surface area contributed by atoms with Crippen LogP contribution in [0.4, 0.5) is 0 Å². The van der Waals surface area contributed by atoms with Gasteiger partial charge in [0.25, 0.3) is 0 Å². The highest BCUT2D eigenvalue weighted by Crippen LogP contribution is 2.12. The monoisotopic (exact) mass is 267 g/mol. The number of ether oxygens (including phenoxy) is 1. The molecule has 0 heterocycles. The quantitative estimate of drug-likeness (QED) is 0.772. The van der Waals surface area contributed by atoms with E-state index in [0.717, 1.165) is 24.0 Å². The Bertz CT molecular complexity index is 553. The first kappa shape index (κ1) is 14.3. The first-order valence-electron chi connectivity index (χ1n) is 6.88. The van der Waals surface area contributed by atoms with Crippen molar-refractivity contribution < 1.29 is 9.53 Å². The molecule has 0 aliphatic carbocycles. The molecule has 0 bridgehead atoms. The summed E-state index contributed by atoms with van der Waals surface area (Å²) in [7, 11) is 0. The highest BCUT2D eigenvalue weighted by Gasteiger charge is 2.00. The fraction of sp³-hybridized carbons (Fsp3) is 0.278. The Morgan fingerprint density at radius 3 is 2.25 bits per heavy atom. The van der Waals surface area contributed by atoms with Crippen LogP contribution in [0.1, 0.15) is 36.1 Å². The molecule has 0 aliphatic heterocycles. The molecule has 0 aromatic heterocycles. The highest BCUT2D eigenvalue weighted by atomic mass is 16.5. The minimum absolute atomic E-state index is 0.259. The second kappa shape index (κ2) is 6.90. The third-order valence-electron chi connectivity index (χ3n) is 3.21. The standard InChI is InChI=1S/C18H19O2/c1-3-15-4-6-16(7-5-15)12-17-8-10-18(11-9-17)13-20-14(2)19/h4-8,10-11H,3,12-13H2,1-2H3. The molecule has 0 aliphatic rings. The molecule has 0 fully saturated rings. The third kappa shape index (κ3) is 4.23. The number of hydrogen-bond acceptors (Lipinski definition) is 2. The lowest BCUT2D eigenvalue weighted by Gasteiger charge is -2.05. The van der Waals surface area contributed by atoms with Gasteiger partial charge in [-0.15, -0.1) is 0 Å². The molecule has 2 aromatic carbocycles. The van der Waals surface area contributed by atoms with Gasteiger partial charge in [-0.25, -0.2) is 0 Å². The van der Waals surface area contributed by atoms with Gasteiger partial charge in [-0.2, -0.15) is 0 Å². The molecule has 0 saturated carbocycles. The van der Waals surface area contributed by atoms with Crippen LogP contribution in [0.2, 0.25) is 0 Å². The molecule has 0 unspecified atom stereocenters. The highest BCUT2D eigenvalue weighted by molar-refractivity contribution is 5.65. The zero-order chi connectivity index (χ0) is 14.4. The second-order valence-corrected chi connectivity index (χ2v) is 4.85. The van der Waals surface area contributed by atoms with Crippen LogP contribution in [-0.4, -0.2) is 5.97 Å². The topological polar surface area (TPSA) is 26.3 Å². The molecule has 2 nitrogen and oxygen atoms in total. The van der Waals surface area contributed by atoms with Crippen LogP contribution in [-0.2, 0) is 29.0 Å². The largest absolute Gasteiger partial charge is 0.461 e. The number of carbonyl (C=O) groups excluding carboxylic acids is 1. The smallest absolute Gasteiger partial charge is 0.302 e. The lowest BCUT2D eigenvalue weighted by Crippen LogP contribution is -1.99. The summed E-state index contributed by atoms with van der Waals surface area (Å²) in [6.45, 7) is 3.89. The molecular formula is C18H19O2. The average Bonchev–Trinajstić information content (AvgIpc) is 2.47. The number of hydrogen-bond donors (Lipinski definition) is 0. The summed E-state index contributed by atoms with van der Waals surface area (Å²) in [4.78, 5) is 10.7. The number of aryl methyl sites for hydroxylation is 1. The zero-order valence-corrected chi connectivity index (χ0v) is 12.0. The molecule has 2 heteroatoms. The Kier molecular flexibility index (Phi) is 4.94. The van der Waals surface area contributed by atoms with Gasteiger partial charge in [-0.1, -0.05) is 43.3 Å². The molecule has 2 aromatic rings. The van der Waals surface area contributed by atoms with Crippen LogP contribution < -0.4 is 0 Å². The van der Waals surface area contributed by atoms with Crippen molar-refractivity contribution in [2.24, 2.45) is 0 Å². The van der Waals surface area contributed by atoms with E-state index in [9.17, 15) is 4.79 Å². The summed E-state index contributed by atoms with van der Waals surface area (Å²) in [5.41, 5.74) is 4.74. The lowest BCUT2D eigenvalue weighted by atomic mass is 10.0. The van der Waals surface area contributed by atoms with Crippen LogP contribution in [0, 0.1) is 6.07 Å². The summed E-state index contributed by atoms with van der Waals surface area (Å²) >= 11 is 0. The maximum absolute atomic E-state index is 10.7. The van der Waals surface area contributed by atoms with Gasteiger partial charge in [-0.05, 0) is 47.2 Å². The van der Waals surface area contributed by atoms with Crippen molar-refractivity contribution in [3.05, 3.63) is 70.8 Å². The van der Waals surface area contributed by atoms with E-state index in [4.69, 9.17) is 4.74 Å². The van der Waals surface area contributed by atoms with Crippen molar-refractivity contribution in [1.82, 2.24) is 0 Å². The van der Waals surface area contributed by atoms with Crippen molar-refractivity contribution in [3.63, 3.8) is 0 Å². The predicted octanol–water partition coefficient (Wildman–Crippen LogP) is 3.70. The Hall–Kier alpha value is -2.09. The van der Waals surface area contributed by atoms with E-state index in [-0.39, 0.29) is 5.97 Å². The summed E-state index contributed by atoms with van der Waals surface area (Å²) in [6.07, 6.45) is 1.94. The van der Waals surface area contributed by atoms with Crippen LogP contribution in [0.15, 0.2) is 42.5 Å². The first-order valence-corrected chi connectivity index (χ1v) is 6.88. The van der Waals surface area contributed by atoms with Crippen LogP contribution in [0.25, 0.3) is 0 Å². The first-order chi connectivity index (χ1) is 9.67. The van der Waals surface area contributed by atoms with Gasteiger partial charge in [0, 0.05) is 6.92 Å². The predicted molar refractivity (Wildman–Crippen MR) is 79.4 cm³/mol. The minimum atomic E-state index is -0.259. The Labute approximate surface area is 120 Å². The van der Waals surface area contributed by atoms with E-state index in [1.165, 1.54) is 18.1 Å². The van der Waals surface area contributed by atoms with Crippen molar-refractivity contribution in [2.45, 2.75) is 33.3 Å². The average molecular weight is 267 g/mol. The van der Waals surface area contributed by atoms with E-state index in [1.54, 1.807) is 0 Å². The van der Waals surface area contributed by atoms with Crippen LogP contribution in [0.3, 0.4) is 0 Å². The molecule has 1 radical (unpaired) electrons. The molecule has 20 heavy (non-hydrogen) atoms. The Morgan fingerprint density at radius 2 is 1.70 bits per heavy atom. The Morgan fingerprint density at radius 1 is 1.05 bits per heavy atom. The summed E-state index contributed by atoms with van der Waals surface area (Å²) in [6, 6.07) is 17.8. The van der Waals surface area contributed by atoms with E-state index in [1.807, 2.05) is 18.2 Å². The second-order valence-electron chi connectivity index (χ2n) is 4.85. The Balaban J connectivity index is 1.97. The molecule has 0 spiro atoms. The fourth-order valence-corrected chi connectivity index (χ4v) is 1.99. The van der Waals surface area contributed by atoms with Crippen molar-refractivity contribution in [1.29, 1.82) is 0 Å². The lowest BCUT2D eigenvalue weighted by molar-refractivity contribution is -0.142. The molecule has 2 rings (SSSR count). The van der Waals surface area contributed by atoms with E-state index >= 15 is 0 Å². The van der Waals surface area contributed by atoms with Crippen molar-refractivity contribution in [3.8, 4) is 0 Å². The van der Waals surface area contributed by atoms with Crippen molar-refractivity contribution in [2.75, 3.05) is 0 Å². The summed E-state index contributed by atoms with van der Waals surface area (Å²) < 4.78 is 4.95. The number of benzene rings is 2. The maximum atomic E-state index is 10.7.